The molecule has 35 heavy (non-hydrogen) atoms. The third-order valence-corrected chi connectivity index (χ3v) is 6.59. The van der Waals surface area contributed by atoms with E-state index in [1.165, 1.54) is 29.6 Å². The minimum absolute atomic E-state index is 0.0848. The highest BCUT2D eigenvalue weighted by Gasteiger charge is 2.42. The largest absolute Gasteiger partial charge is 0.433 e. The summed E-state index contributed by atoms with van der Waals surface area (Å²) < 4.78 is 62.1. The number of rotatable bonds is 1. The number of ether oxygens (including phenoxy) is 1. The lowest BCUT2D eigenvalue weighted by atomic mass is 9.88. The molecule has 2 N–H and O–H groups in total. The second-order valence-corrected chi connectivity index (χ2v) is 8.63. The summed E-state index contributed by atoms with van der Waals surface area (Å²) in [5, 5.41) is 0. The van der Waals surface area contributed by atoms with Gasteiger partial charge in [-0.05, 0) is 25.0 Å². The Morgan fingerprint density at radius 2 is 2.00 bits per heavy atom. The van der Waals surface area contributed by atoms with Crippen molar-refractivity contribution in [3.8, 4) is 0 Å². The van der Waals surface area contributed by atoms with Gasteiger partial charge in [0.15, 0.2) is 0 Å². The molecule has 6 rings (SSSR count). The van der Waals surface area contributed by atoms with Gasteiger partial charge in [0.1, 0.15) is 22.8 Å². The van der Waals surface area contributed by atoms with E-state index in [9.17, 15) is 18.0 Å². The number of aromatic nitrogens is 4. The molecule has 3 aromatic heterocycles. The minimum Gasteiger partial charge on any atom is -0.382 e. The molecule has 2 atom stereocenters. The highest BCUT2D eigenvalue weighted by molar-refractivity contribution is 5.98. The lowest BCUT2D eigenvalue weighted by Gasteiger charge is -2.44. The lowest BCUT2D eigenvalue weighted by molar-refractivity contribution is -0.141. The molecular weight excluding hydrogens is 468 g/mol. The number of alkyl halides is 3. The van der Waals surface area contributed by atoms with Gasteiger partial charge in [0.2, 0.25) is 0 Å². The summed E-state index contributed by atoms with van der Waals surface area (Å²) in [6, 6.07) is 4.11. The predicted molar refractivity (Wildman–Crippen MR) is 116 cm³/mol. The third-order valence-electron chi connectivity index (χ3n) is 6.59. The van der Waals surface area contributed by atoms with E-state index >= 15 is 4.39 Å². The molecule has 180 valence electrons. The topological polar surface area (TPSA) is 98.6 Å². The monoisotopic (exact) mass is 486 g/mol. The van der Waals surface area contributed by atoms with Crippen LogP contribution in [0.1, 0.15) is 46.2 Å². The first kappa shape index (κ1) is 21.7. The fraction of sp³-hybridized carbons (Fsp3) is 0.304. The third kappa shape index (κ3) is 3.39. The van der Waals surface area contributed by atoms with Gasteiger partial charge in [0.25, 0.3) is 5.91 Å². The Bertz CT molecular complexity index is 1500. The molecule has 0 unspecified atom stereocenters. The van der Waals surface area contributed by atoms with E-state index in [-0.39, 0.29) is 29.2 Å². The Morgan fingerprint density at radius 3 is 2.80 bits per heavy atom. The summed E-state index contributed by atoms with van der Waals surface area (Å²) in [6.45, 7) is 0.209. The van der Waals surface area contributed by atoms with E-state index in [1.54, 1.807) is 4.40 Å². The van der Waals surface area contributed by atoms with Crippen molar-refractivity contribution in [1.82, 2.24) is 24.3 Å². The predicted octanol–water partition coefficient (Wildman–Crippen LogP) is 3.89. The molecule has 0 spiro atoms. The molecule has 8 nitrogen and oxygen atoms in total. The van der Waals surface area contributed by atoms with Gasteiger partial charge in [-0.2, -0.15) is 13.2 Å². The van der Waals surface area contributed by atoms with Crippen LogP contribution in [0.15, 0.2) is 36.8 Å². The number of nitrogens with zero attached hydrogens (tertiary/aromatic N) is 5. The second kappa shape index (κ2) is 7.60. The first-order valence-corrected chi connectivity index (χ1v) is 10.9. The van der Waals surface area contributed by atoms with Crippen LogP contribution in [0.4, 0.5) is 23.4 Å². The zero-order valence-corrected chi connectivity index (χ0v) is 18.1. The fourth-order valence-electron chi connectivity index (χ4n) is 4.99. The number of benzene rings is 1. The van der Waals surface area contributed by atoms with Crippen molar-refractivity contribution >= 4 is 28.3 Å². The van der Waals surface area contributed by atoms with Crippen LogP contribution in [0.5, 0.6) is 0 Å². The molecule has 2 aliphatic heterocycles. The van der Waals surface area contributed by atoms with Crippen LogP contribution >= 0.6 is 0 Å². The molecule has 1 amide bonds. The lowest BCUT2D eigenvalue weighted by Crippen LogP contribution is -2.48. The molecule has 0 bridgehead atoms. The maximum Gasteiger partial charge on any atom is 0.433 e. The van der Waals surface area contributed by atoms with E-state index in [4.69, 9.17) is 10.5 Å². The first-order chi connectivity index (χ1) is 16.7. The summed E-state index contributed by atoms with van der Waals surface area (Å²) in [5.41, 5.74) is 6.54. The molecular formula is C23H18F4N6O2. The van der Waals surface area contributed by atoms with Crippen molar-refractivity contribution in [2.24, 2.45) is 0 Å². The Kier molecular flexibility index (Phi) is 4.72. The van der Waals surface area contributed by atoms with Crippen LogP contribution < -0.4 is 5.73 Å². The van der Waals surface area contributed by atoms with Crippen molar-refractivity contribution in [2.75, 3.05) is 12.3 Å². The number of pyridine rings is 1. The number of fused-ring (bicyclic) bond motifs is 6. The minimum atomic E-state index is -4.60. The number of imidazole rings is 1. The first-order valence-electron chi connectivity index (χ1n) is 10.9. The molecule has 5 heterocycles. The van der Waals surface area contributed by atoms with Gasteiger partial charge >= 0.3 is 6.18 Å². The number of nitrogens with two attached hydrogens (primary N) is 1. The van der Waals surface area contributed by atoms with E-state index in [1.807, 2.05) is 0 Å². The molecule has 0 saturated carbocycles. The van der Waals surface area contributed by atoms with Crippen molar-refractivity contribution in [3.63, 3.8) is 0 Å². The molecule has 0 aliphatic carbocycles. The number of piperidine rings is 1. The Hall–Kier alpha value is -3.80. The maximum atomic E-state index is 15.2. The molecule has 12 heteroatoms. The standard InChI is InChI=1S/C23H18F4N6O2/c24-13-7-14-16(33-10-29-8-17(33)21(28)31-14)6-12(13)22(34)32-5-1-2-18-20(32)11-3-4-19(23(25,26)27)30-15(11)9-35-18/h3-4,6-8,10,18,20H,1-2,5,9H2,(H2,28,31)/t18-,20-/m0/s1. The van der Waals surface area contributed by atoms with E-state index in [2.05, 4.69) is 15.0 Å². The number of carbonyl (C=O) groups is 1. The van der Waals surface area contributed by atoms with Gasteiger partial charge in [-0.15, -0.1) is 0 Å². The number of anilines is 1. The fourth-order valence-corrected chi connectivity index (χ4v) is 4.99. The van der Waals surface area contributed by atoms with E-state index < -0.39 is 35.7 Å². The Balaban J connectivity index is 1.44. The summed E-state index contributed by atoms with van der Waals surface area (Å²) in [7, 11) is 0. The molecule has 1 saturated heterocycles. The number of nitrogen functional groups attached to an aromatic ring is 1. The van der Waals surface area contributed by atoms with Crippen molar-refractivity contribution in [2.45, 2.75) is 37.8 Å². The van der Waals surface area contributed by atoms with Crippen molar-refractivity contribution in [3.05, 3.63) is 65.1 Å². The summed E-state index contributed by atoms with van der Waals surface area (Å²) in [5.74, 6) is -1.20. The highest BCUT2D eigenvalue weighted by Crippen LogP contribution is 2.41. The summed E-state index contributed by atoms with van der Waals surface area (Å²) in [4.78, 5) is 27.1. The highest BCUT2D eigenvalue weighted by atomic mass is 19.4. The summed E-state index contributed by atoms with van der Waals surface area (Å²) >= 11 is 0. The Labute approximate surface area is 195 Å². The quantitative estimate of drug-likeness (QED) is 0.410. The van der Waals surface area contributed by atoms with Gasteiger partial charge in [-0.3, -0.25) is 9.20 Å². The SMILES string of the molecule is Nc1nc2cc(F)c(C(=O)N3CCC[C@@H]4OCc5nc(C(F)(F)F)ccc5[C@@H]43)cc2n2cncc12. The molecule has 0 radical (unpaired) electrons. The van der Waals surface area contributed by atoms with Crippen LogP contribution in [0, 0.1) is 5.82 Å². The smallest absolute Gasteiger partial charge is 0.382 e. The molecule has 2 aliphatic rings. The number of hydrogen-bond acceptors (Lipinski definition) is 6. The number of hydrogen-bond donors (Lipinski definition) is 1. The van der Waals surface area contributed by atoms with Crippen LogP contribution in [0.2, 0.25) is 0 Å². The van der Waals surface area contributed by atoms with Gasteiger partial charge in [-0.25, -0.2) is 19.3 Å². The zero-order valence-electron chi connectivity index (χ0n) is 18.1. The van der Waals surface area contributed by atoms with Crippen molar-refractivity contribution in [1.29, 1.82) is 0 Å². The van der Waals surface area contributed by atoms with Crippen LogP contribution in [0.3, 0.4) is 0 Å². The second-order valence-electron chi connectivity index (χ2n) is 8.63. The number of amides is 1. The van der Waals surface area contributed by atoms with Crippen molar-refractivity contribution < 1.29 is 27.1 Å². The molecule has 1 aromatic carbocycles. The van der Waals surface area contributed by atoms with E-state index in [0.29, 0.717) is 36.0 Å². The van der Waals surface area contributed by atoms with Crippen LogP contribution in [0.25, 0.3) is 16.6 Å². The molecule has 4 aromatic rings. The van der Waals surface area contributed by atoms with Gasteiger partial charge in [-0.1, -0.05) is 6.07 Å². The van der Waals surface area contributed by atoms with E-state index in [0.717, 1.165) is 12.1 Å². The normalized spacial score (nSPS) is 20.2. The van der Waals surface area contributed by atoms with Crippen LogP contribution in [-0.2, 0) is 17.5 Å². The maximum absolute atomic E-state index is 15.2. The van der Waals surface area contributed by atoms with Crippen LogP contribution in [-0.4, -0.2) is 42.8 Å². The number of carbonyl (C=O) groups excluding carboxylic acids is 1. The van der Waals surface area contributed by atoms with Gasteiger partial charge in [0, 0.05) is 18.2 Å². The average molecular weight is 486 g/mol. The van der Waals surface area contributed by atoms with Gasteiger partial charge in [0.05, 0.1) is 53.6 Å². The molecule has 1 fully saturated rings. The van der Waals surface area contributed by atoms with Gasteiger partial charge < -0.3 is 15.4 Å². The summed E-state index contributed by atoms with van der Waals surface area (Å²) in [6.07, 6.45) is -0.792. The Morgan fingerprint density at radius 1 is 1.17 bits per heavy atom. The zero-order chi connectivity index (χ0) is 24.5. The average Bonchev–Trinajstić information content (AvgIpc) is 3.33. The number of likely N-dealkylation sites (tertiary alicyclic amines) is 1. The number of halogens is 4.